The van der Waals surface area contributed by atoms with Gasteiger partial charge in [-0.15, -0.1) is 0 Å². The van der Waals surface area contributed by atoms with Gasteiger partial charge in [0.25, 0.3) is 0 Å². The van der Waals surface area contributed by atoms with Gasteiger partial charge in [0.15, 0.2) is 0 Å². The molecular formula is C14H30N2OS. The Bertz CT molecular complexity index is 226. The van der Waals surface area contributed by atoms with E-state index in [1.807, 2.05) is 0 Å². The van der Waals surface area contributed by atoms with Crippen LogP contribution in [0.1, 0.15) is 52.9 Å². The second-order valence-electron chi connectivity index (χ2n) is 5.51. The Morgan fingerprint density at radius 3 is 2.50 bits per heavy atom. The fourth-order valence-corrected chi connectivity index (χ4v) is 2.10. The van der Waals surface area contributed by atoms with Gasteiger partial charge >= 0.3 is 0 Å². The van der Waals surface area contributed by atoms with Crippen molar-refractivity contribution in [3.63, 3.8) is 0 Å². The van der Waals surface area contributed by atoms with Crippen LogP contribution >= 0.6 is 11.8 Å². The number of hydrogen-bond donors (Lipinski definition) is 2. The molecule has 1 atom stereocenters. The largest absolute Gasteiger partial charge is 0.355 e. The molecule has 0 radical (unpaired) electrons. The molecule has 0 aromatic heterocycles. The third-order valence-electron chi connectivity index (χ3n) is 3.32. The summed E-state index contributed by atoms with van der Waals surface area (Å²) >= 11 is 1.78. The molecule has 0 saturated carbocycles. The number of carbonyl (C=O) groups is 1. The Labute approximate surface area is 117 Å². The Balaban J connectivity index is 3.86. The molecule has 0 fully saturated rings. The molecule has 0 spiro atoms. The van der Waals surface area contributed by atoms with Crippen LogP contribution in [0.25, 0.3) is 0 Å². The van der Waals surface area contributed by atoms with Crippen molar-refractivity contribution in [1.29, 1.82) is 0 Å². The van der Waals surface area contributed by atoms with E-state index in [-0.39, 0.29) is 10.7 Å². The summed E-state index contributed by atoms with van der Waals surface area (Å²) in [5, 5.41) is 3.02. The maximum absolute atomic E-state index is 11.8. The van der Waals surface area contributed by atoms with E-state index < -0.39 is 0 Å². The number of hydrogen-bond acceptors (Lipinski definition) is 3. The van der Waals surface area contributed by atoms with Gasteiger partial charge in [-0.3, -0.25) is 4.79 Å². The molecule has 0 aromatic rings. The molecule has 0 heterocycles. The number of carbonyl (C=O) groups excluding carboxylic acids is 1. The highest BCUT2D eigenvalue weighted by Gasteiger charge is 2.17. The number of nitrogens with two attached hydrogens (primary N) is 1. The molecule has 1 unspecified atom stereocenters. The zero-order valence-corrected chi connectivity index (χ0v) is 13.2. The highest BCUT2D eigenvalue weighted by molar-refractivity contribution is 7.99. The minimum Gasteiger partial charge on any atom is -0.355 e. The Kier molecular flexibility index (Phi) is 9.56. The van der Waals surface area contributed by atoms with Crippen LogP contribution < -0.4 is 11.1 Å². The Hall–Kier alpha value is -0.220. The molecule has 0 bridgehead atoms. The summed E-state index contributed by atoms with van der Waals surface area (Å²) in [6.45, 7) is 7.94. The lowest BCUT2D eigenvalue weighted by Gasteiger charge is -2.22. The summed E-state index contributed by atoms with van der Waals surface area (Å²) in [5.41, 5.74) is 5.60. The lowest BCUT2D eigenvalue weighted by molar-refractivity contribution is -0.121. The van der Waals surface area contributed by atoms with Gasteiger partial charge in [-0.1, -0.05) is 19.8 Å². The van der Waals surface area contributed by atoms with Crippen molar-refractivity contribution < 1.29 is 4.79 Å². The second kappa shape index (κ2) is 9.68. The number of nitrogens with one attached hydrogen (secondary N) is 1. The molecule has 0 rings (SSSR count). The van der Waals surface area contributed by atoms with Crippen molar-refractivity contribution in [3.05, 3.63) is 0 Å². The molecule has 0 aromatic carbocycles. The molecule has 0 aliphatic carbocycles. The van der Waals surface area contributed by atoms with E-state index in [9.17, 15) is 4.79 Å². The summed E-state index contributed by atoms with van der Waals surface area (Å²) in [6.07, 6.45) is 7.07. The fourth-order valence-electron chi connectivity index (χ4n) is 1.88. The van der Waals surface area contributed by atoms with Gasteiger partial charge in [-0.05, 0) is 45.4 Å². The zero-order chi connectivity index (χ0) is 14.0. The van der Waals surface area contributed by atoms with Crippen molar-refractivity contribution in [2.24, 2.45) is 11.7 Å². The predicted octanol–water partition coefficient (Wildman–Crippen LogP) is 2.79. The number of amides is 1. The number of thioether (sulfide) groups is 1. The van der Waals surface area contributed by atoms with Crippen LogP contribution in [0.2, 0.25) is 0 Å². The molecule has 18 heavy (non-hydrogen) atoms. The molecule has 0 aliphatic heterocycles. The van der Waals surface area contributed by atoms with Crippen molar-refractivity contribution in [2.75, 3.05) is 19.3 Å². The standard InChI is InChI=1S/C14H30N2OS/c1-5-6-12(9-10-15)7-8-13(17)16-11-14(2,3)18-4/h12H,5-11,15H2,1-4H3,(H,16,17). The molecule has 0 saturated heterocycles. The van der Waals surface area contributed by atoms with E-state index in [0.29, 0.717) is 12.3 Å². The molecule has 0 aliphatic rings. The van der Waals surface area contributed by atoms with Gasteiger partial charge in [0.2, 0.25) is 5.91 Å². The predicted molar refractivity (Wildman–Crippen MR) is 81.9 cm³/mol. The first-order valence-corrected chi connectivity index (χ1v) is 8.19. The van der Waals surface area contributed by atoms with Crippen LogP contribution in [0.3, 0.4) is 0 Å². The van der Waals surface area contributed by atoms with E-state index in [4.69, 9.17) is 5.73 Å². The third kappa shape index (κ3) is 8.81. The smallest absolute Gasteiger partial charge is 0.220 e. The molecule has 1 amide bonds. The van der Waals surface area contributed by atoms with Crippen molar-refractivity contribution in [3.8, 4) is 0 Å². The Morgan fingerprint density at radius 2 is 2.00 bits per heavy atom. The van der Waals surface area contributed by atoms with Crippen LogP contribution in [0, 0.1) is 5.92 Å². The van der Waals surface area contributed by atoms with Gasteiger partial charge in [0, 0.05) is 17.7 Å². The summed E-state index contributed by atoms with van der Waals surface area (Å²) in [5.74, 6) is 0.787. The van der Waals surface area contributed by atoms with Gasteiger partial charge in [0.05, 0.1) is 0 Å². The molecule has 3 nitrogen and oxygen atoms in total. The summed E-state index contributed by atoms with van der Waals surface area (Å²) < 4.78 is 0.121. The van der Waals surface area contributed by atoms with E-state index >= 15 is 0 Å². The molecule has 3 N–H and O–H groups in total. The third-order valence-corrected chi connectivity index (χ3v) is 4.56. The minimum atomic E-state index is 0.121. The molecular weight excluding hydrogens is 244 g/mol. The SMILES string of the molecule is CCCC(CCN)CCC(=O)NCC(C)(C)SC. The second-order valence-corrected chi connectivity index (χ2v) is 7.02. The van der Waals surface area contributed by atoms with Crippen LogP contribution in [-0.4, -0.2) is 30.0 Å². The van der Waals surface area contributed by atoms with Crippen molar-refractivity contribution in [2.45, 2.75) is 57.6 Å². The number of rotatable bonds is 10. The average Bonchev–Trinajstić information content (AvgIpc) is 2.34. The van der Waals surface area contributed by atoms with Crippen LogP contribution in [-0.2, 0) is 4.79 Å². The van der Waals surface area contributed by atoms with Gasteiger partial charge in [-0.25, -0.2) is 0 Å². The Morgan fingerprint density at radius 1 is 1.33 bits per heavy atom. The van der Waals surface area contributed by atoms with E-state index in [1.54, 1.807) is 11.8 Å². The average molecular weight is 274 g/mol. The van der Waals surface area contributed by atoms with Gasteiger partial charge < -0.3 is 11.1 Å². The van der Waals surface area contributed by atoms with E-state index in [2.05, 4.69) is 32.3 Å². The van der Waals surface area contributed by atoms with Crippen LogP contribution in [0.4, 0.5) is 0 Å². The van der Waals surface area contributed by atoms with Crippen molar-refractivity contribution in [1.82, 2.24) is 5.32 Å². The lowest BCUT2D eigenvalue weighted by Crippen LogP contribution is -2.36. The van der Waals surface area contributed by atoms with Crippen LogP contribution in [0.15, 0.2) is 0 Å². The first kappa shape index (κ1) is 17.8. The van der Waals surface area contributed by atoms with Gasteiger partial charge in [0.1, 0.15) is 0 Å². The maximum Gasteiger partial charge on any atom is 0.220 e. The molecule has 4 heteroatoms. The highest BCUT2D eigenvalue weighted by Crippen LogP contribution is 2.20. The maximum atomic E-state index is 11.8. The topological polar surface area (TPSA) is 55.1 Å². The van der Waals surface area contributed by atoms with Crippen molar-refractivity contribution >= 4 is 17.7 Å². The lowest BCUT2D eigenvalue weighted by atomic mass is 9.94. The van der Waals surface area contributed by atoms with Crippen LogP contribution in [0.5, 0.6) is 0 Å². The first-order chi connectivity index (χ1) is 8.45. The molecule has 108 valence electrons. The van der Waals surface area contributed by atoms with Gasteiger partial charge in [-0.2, -0.15) is 11.8 Å². The van der Waals surface area contributed by atoms with E-state index in [0.717, 1.165) is 25.9 Å². The fraction of sp³-hybridized carbons (Fsp3) is 0.929. The quantitative estimate of drug-likeness (QED) is 0.644. The normalized spacial score (nSPS) is 13.4. The highest BCUT2D eigenvalue weighted by atomic mass is 32.2. The summed E-state index contributed by atoms with van der Waals surface area (Å²) in [7, 11) is 0. The monoisotopic (exact) mass is 274 g/mol. The summed E-state index contributed by atoms with van der Waals surface area (Å²) in [4.78, 5) is 11.8. The minimum absolute atomic E-state index is 0.121. The zero-order valence-electron chi connectivity index (χ0n) is 12.4. The summed E-state index contributed by atoms with van der Waals surface area (Å²) in [6, 6.07) is 0. The van der Waals surface area contributed by atoms with E-state index in [1.165, 1.54) is 12.8 Å². The first-order valence-electron chi connectivity index (χ1n) is 6.97.